The Morgan fingerprint density at radius 1 is 1.50 bits per heavy atom. The molecule has 0 aliphatic carbocycles. The predicted octanol–water partition coefficient (Wildman–Crippen LogP) is 1.59. The molecular weight excluding hydrogens is 328 g/mol. The second kappa shape index (κ2) is 7.12. The Balaban J connectivity index is 1.83. The molecule has 0 bridgehead atoms. The van der Waals surface area contributed by atoms with Gasteiger partial charge in [-0.25, -0.2) is 15.4 Å². The van der Waals surface area contributed by atoms with Gasteiger partial charge in [-0.1, -0.05) is 17.7 Å². The molecule has 8 heteroatoms. The molecule has 7 nitrogen and oxygen atoms in total. The molecule has 2 aliphatic rings. The minimum atomic E-state index is -0.300. The molecule has 0 saturated heterocycles. The molecule has 3 rings (SSSR count). The number of carbonyl (C=O) groups is 1. The van der Waals surface area contributed by atoms with Crippen LogP contribution in [0.25, 0.3) is 0 Å². The highest BCUT2D eigenvalue weighted by Gasteiger charge is 2.26. The van der Waals surface area contributed by atoms with Gasteiger partial charge < -0.3 is 11.1 Å². The van der Waals surface area contributed by atoms with Crippen LogP contribution in [-0.2, 0) is 4.79 Å². The number of hydrogen-bond donors (Lipinski definition) is 3. The van der Waals surface area contributed by atoms with E-state index >= 15 is 0 Å². The van der Waals surface area contributed by atoms with Gasteiger partial charge in [0, 0.05) is 24.0 Å². The van der Waals surface area contributed by atoms with E-state index in [1.807, 2.05) is 0 Å². The van der Waals surface area contributed by atoms with E-state index in [0.29, 0.717) is 34.5 Å². The number of nitrogens with one attached hydrogen (secondary N) is 2. The van der Waals surface area contributed by atoms with E-state index in [0.717, 1.165) is 0 Å². The molecule has 122 valence electrons. The van der Waals surface area contributed by atoms with Gasteiger partial charge in [0.1, 0.15) is 5.84 Å². The summed E-state index contributed by atoms with van der Waals surface area (Å²) in [6, 6.07) is 6.99. The summed E-state index contributed by atoms with van der Waals surface area (Å²) in [6.07, 6.45) is 8.02. The Hall–Kier alpha value is -2.90. The highest BCUT2D eigenvalue weighted by Crippen LogP contribution is 2.20. The van der Waals surface area contributed by atoms with E-state index in [1.54, 1.807) is 47.8 Å². The number of fused-ring (bicyclic) bond motifs is 1. The first-order chi connectivity index (χ1) is 11.7. The lowest BCUT2D eigenvalue weighted by Crippen LogP contribution is -2.32. The molecule has 0 saturated carbocycles. The molecule has 2 aliphatic heterocycles. The van der Waals surface area contributed by atoms with Crippen molar-refractivity contribution in [3.8, 4) is 0 Å². The summed E-state index contributed by atoms with van der Waals surface area (Å²) in [4.78, 5) is 21.1. The van der Waals surface area contributed by atoms with Crippen LogP contribution in [0.2, 0.25) is 5.02 Å². The maximum absolute atomic E-state index is 12.5. The summed E-state index contributed by atoms with van der Waals surface area (Å²) < 4.78 is 0. The van der Waals surface area contributed by atoms with Gasteiger partial charge in [-0.05, 0) is 36.6 Å². The lowest BCUT2D eigenvalue weighted by molar-refractivity contribution is -0.116. The van der Waals surface area contributed by atoms with Crippen molar-refractivity contribution in [3.05, 3.63) is 65.2 Å². The fraction of sp³-hybridized carbons (Fsp3) is 0.0625. The summed E-state index contributed by atoms with van der Waals surface area (Å²) in [5, 5.41) is 4.99. The molecule has 0 spiro atoms. The number of rotatable bonds is 3. The zero-order valence-corrected chi connectivity index (χ0v) is 13.4. The van der Waals surface area contributed by atoms with Crippen molar-refractivity contribution in [3.63, 3.8) is 0 Å². The van der Waals surface area contributed by atoms with Gasteiger partial charge in [0.15, 0.2) is 5.82 Å². The van der Waals surface area contributed by atoms with E-state index in [1.165, 1.54) is 12.3 Å². The number of hydrazine groups is 1. The number of allylic oxidation sites excluding steroid dienone is 1. The molecule has 1 aromatic rings. The summed E-state index contributed by atoms with van der Waals surface area (Å²) >= 11 is 5.95. The molecular formula is C16H15ClN6O. The molecule has 0 aromatic heterocycles. The van der Waals surface area contributed by atoms with Crippen LogP contribution in [0.5, 0.6) is 0 Å². The van der Waals surface area contributed by atoms with Gasteiger partial charge in [0.2, 0.25) is 0 Å². The Kier molecular flexibility index (Phi) is 4.74. The van der Waals surface area contributed by atoms with Gasteiger partial charge in [-0.2, -0.15) is 0 Å². The fourth-order valence-electron chi connectivity index (χ4n) is 2.22. The zero-order valence-electron chi connectivity index (χ0n) is 12.6. The number of nitrogens with two attached hydrogens (primary N) is 1. The first-order valence-corrected chi connectivity index (χ1v) is 7.56. The van der Waals surface area contributed by atoms with E-state index in [4.69, 9.17) is 17.3 Å². The normalized spacial score (nSPS) is 16.9. The second-order valence-corrected chi connectivity index (χ2v) is 5.35. The lowest BCUT2D eigenvalue weighted by Gasteiger charge is -2.15. The van der Waals surface area contributed by atoms with Crippen LogP contribution < -0.4 is 16.5 Å². The molecule has 1 amide bonds. The SMILES string of the molecule is NC=CC(=Nc1cccc(Cl)c1)NC(=O)C1=C2N=CC=CN2NC1. The summed E-state index contributed by atoms with van der Waals surface area (Å²) in [7, 11) is 0. The lowest BCUT2D eigenvalue weighted by atomic mass is 10.2. The maximum atomic E-state index is 12.5. The highest BCUT2D eigenvalue weighted by atomic mass is 35.5. The number of nitrogens with zero attached hydrogens (tertiary/aromatic N) is 3. The molecule has 2 heterocycles. The smallest absolute Gasteiger partial charge is 0.257 e. The molecule has 1 aromatic carbocycles. The Morgan fingerprint density at radius 3 is 3.17 bits per heavy atom. The van der Waals surface area contributed by atoms with Gasteiger partial charge in [-0.15, -0.1) is 0 Å². The quantitative estimate of drug-likeness (QED) is 0.574. The monoisotopic (exact) mass is 342 g/mol. The van der Waals surface area contributed by atoms with Crippen LogP contribution in [0, 0.1) is 0 Å². The van der Waals surface area contributed by atoms with Crippen LogP contribution in [0.4, 0.5) is 5.69 Å². The number of benzene rings is 1. The van der Waals surface area contributed by atoms with E-state index < -0.39 is 0 Å². The Labute approximate surface area is 143 Å². The van der Waals surface area contributed by atoms with Crippen molar-refractivity contribution in [2.75, 3.05) is 6.54 Å². The molecule has 0 atom stereocenters. The van der Waals surface area contributed by atoms with E-state index in [2.05, 4.69) is 20.7 Å². The summed E-state index contributed by atoms with van der Waals surface area (Å²) in [5.41, 5.74) is 9.62. The minimum Gasteiger partial charge on any atom is -0.404 e. The minimum absolute atomic E-state index is 0.300. The maximum Gasteiger partial charge on any atom is 0.257 e. The third kappa shape index (κ3) is 3.53. The first-order valence-electron chi connectivity index (χ1n) is 7.18. The molecule has 0 fully saturated rings. The average molecular weight is 343 g/mol. The molecule has 0 unspecified atom stereocenters. The van der Waals surface area contributed by atoms with E-state index in [-0.39, 0.29) is 5.91 Å². The Morgan fingerprint density at radius 2 is 2.38 bits per heavy atom. The zero-order chi connectivity index (χ0) is 16.9. The number of halogens is 1. The third-order valence-electron chi connectivity index (χ3n) is 3.27. The van der Waals surface area contributed by atoms with Crippen molar-refractivity contribution in [2.24, 2.45) is 15.7 Å². The number of hydrogen-bond acceptors (Lipinski definition) is 6. The Bertz CT molecular complexity index is 809. The van der Waals surface area contributed by atoms with Gasteiger partial charge in [-0.3, -0.25) is 9.80 Å². The van der Waals surface area contributed by atoms with Gasteiger partial charge in [0.05, 0.1) is 11.3 Å². The van der Waals surface area contributed by atoms with Crippen LogP contribution in [0.15, 0.2) is 70.2 Å². The summed E-state index contributed by atoms with van der Waals surface area (Å²) in [5.74, 6) is 0.576. The van der Waals surface area contributed by atoms with Crippen LogP contribution in [-0.4, -0.2) is 29.5 Å². The van der Waals surface area contributed by atoms with Crippen molar-refractivity contribution < 1.29 is 4.79 Å². The predicted molar refractivity (Wildman–Crippen MR) is 94.5 cm³/mol. The highest BCUT2D eigenvalue weighted by molar-refractivity contribution is 6.30. The van der Waals surface area contributed by atoms with Gasteiger partial charge >= 0.3 is 0 Å². The molecule has 0 radical (unpaired) electrons. The van der Waals surface area contributed by atoms with Crippen LogP contribution in [0.1, 0.15) is 0 Å². The average Bonchev–Trinajstić information content (AvgIpc) is 2.99. The second-order valence-electron chi connectivity index (χ2n) is 4.92. The van der Waals surface area contributed by atoms with Crippen molar-refractivity contribution in [2.45, 2.75) is 0 Å². The summed E-state index contributed by atoms with van der Waals surface area (Å²) in [6.45, 7) is 0.375. The number of amides is 1. The van der Waals surface area contributed by atoms with Crippen LogP contribution >= 0.6 is 11.6 Å². The molecule has 24 heavy (non-hydrogen) atoms. The topological polar surface area (TPSA) is 95.1 Å². The van der Waals surface area contributed by atoms with E-state index in [9.17, 15) is 4.79 Å². The number of carbonyl (C=O) groups excluding carboxylic acids is 1. The number of amidine groups is 1. The fourth-order valence-corrected chi connectivity index (χ4v) is 2.41. The standard InChI is InChI=1S/C16H15ClN6O/c17-11-3-1-4-12(9-11)21-14(5-6-18)22-16(24)13-10-20-23-8-2-7-19-15(13)23/h1-9,20H,10,18H2,(H,21,22,24). The molecule has 4 N–H and O–H groups in total. The van der Waals surface area contributed by atoms with Crippen LogP contribution in [0.3, 0.4) is 0 Å². The largest absolute Gasteiger partial charge is 0.404 e. The van der Waals surface area contributed by atoms with Crippen molar-refractivity contribution in [1.29, 1.82) is 0 Å². The van der Waals surface area contributed by atoms with Crippen molar-refractivity contribution >= 4 is 35.2 Å². The van der Waals surface area contributed by atoms with Crippen molar-refractivity contribution in [1.82, 2.24) is 15.8 Å². The first kappa shape index (κ1) is 16.0. The number of aliphatic imine (C=N–C) groups is 2. The third-order valence-corrected chi connectivity index (χ3v) is 3.50. The van der Waals surface area contributed by atoms with Gasteiger partial charge in [0.25, 0.3) is 5.91 Å².